The number of rotatable bonds is 6. The van der Waals surface area contributed by atoms with Crippen LogP contribution in [0.15, 0.2) is 53.6 Å². The van der Waals surface area contributed by atoms with Crippen molar-refractivity contribution in [3.8, 4) is 17.4 Å². The zero-order chi connectivity index (χ0) is 23.5. The summed E-state index contributed by atoms with van der Waals surface area (Å²) >= 11 is 18.4. The number of benzene rings is 2. The molecule has 1 aromatic heterocycles. The summed E-state index contributed by atoms with van der Waals surface area (Å²) in [5.74, 6) is -0.787. The van der Waals surface area contributed by atoms with Gasteiger partial charge in [0.2, 0.25) is 11.1 Å². The van der Waals surface area contributed by atoms with E-state index < -0.39 is 5.82 Å². The first-order chi connectivity index (χ1) is 15.9. The van der Waals surface area contributed by atoms with E-state index in [4.69, 9.17) is 44.9 Å². The number of thiocarbonyl (C=S) groups is 1. The zero-order valence-corrected chi connectivity index (χ0v) is 20.1. The lowest BCUT2D eigenvalue weighted by Gasteiger charge is -2.14. The lowest BCUT2D eigenvalue weighted by atomic mass is 10.1. The summed E-state index contributed by atoms with van der Waals surface area (Å²) < 4.78 is 25.6. The molecule has 0 N–H and O–H groups in total. The molecule has 1 aliphatic rings. The number of carbonyl (C=O) groups excluding carboxylic acids is 1. The molecule has 1 amide bonds. The monoisotopic (exact) mass is 521 g/mol. The van der Waals surface area contributed by atoms with Crippen LogP contribution in [0.2, 0.25) is 10.3 Å². The minimum Gasteiger partial charge on any atom is -0.490 e. The fourth-order valence-corrected chi connectivity index (χ4v) is 4.54. The zero-order valence-electron chi connectivity index (χ0n) is 16.9. The molecular formula is C22H14Cl2FN3O3S2. The number of hydrogen-bond donors (Lipinski definition) is 0. The average molecular weight is 522 g/mol. The maximum atomic E-state index is 14.0. The van der Waals surface area contributed by atoms with E-state index in [0.717, 1.165) is 6.20 Å². The van der Waals surface area contributed by atoms with E-state index >= 15 is 0 Å². The van der Waals surface area contributed by atoms with Crippen LogP contribution in [0.1, 0.15) is 12.5 Å². The van der Waals surface area contributed by atoms with E-state index in [2.05, 4.69) is 9.97 Å². The Morgan fingerprint density at radius 2 is 2.03 bits per heavy atom. The third-order valence-corrected chi connectivity index (χ3v) is 6.03. The molecule has 11 heteroatoms. The lowest BCUT2D eigenvalue weighted by molar-refractivity contribution is -0.113. The summed E-state index contributed by atoms with van der Waals surface area (Å²) in [6, 6.07) is 11.9. The summed E-state index contributed by atoms with van der Waals surface area (Å²) in [7, 11) is 0. The Kier molecular flexibility index (Phi) is 7.14. The van der Waals surface area contributed by atoms with Gasteiger partial charge in [0.05, 0.1) is 23.4 Å². The molecule has 168 valence electrons. The smallest absolute Gasteiger partial charge is 0.270 e. The van der Waals surface area contributed by atoms with Gasteiger partial charge in [-0.15, -0.1) is 0 Å². The van der Waals surface area contributed by atoms with Crippen LogP contribution < -0.4 is 14.4 Å². The number of anilines is 1. The summed E-state index contributed by atoms with van der Waals surface area (Å²) in [5.41, 5.74) is 1.26. The quantitative estimate of drug-likeness (QED) is 0.208. The van der Waals surface area contributed by atoms with Gasteiger partial charge in [-0.2, -0.15) is 9.37 Å². The van der Waals surface area contributed by atoms with Crippen molar-refractivity contribution in [2.45, 2.75) is 6.92 Å². The first kappa shape index (κ1) is 23.4. The van der Waals surface area contributed by atoms with Gasteiger partial charge in [0.1, 0.15) is 0 Å². The molecule has 0 radical (unpaired) electrons. The molecule has 0 bridgehead atoms. The molecule has 4 rings (SSSR count). The van der Waals surface area contributed by atoms with Gasteiger partial charge >= 0.3 is 0 Å². The second-order valence-corrected chi connectivity index (χ2v) is 8.98. The van der Waals surface area contributed by atoms with Crippen molar-refractivity contribution in [2.24, 2.45) is 0 Å². The van der Waals surface area contributed by atoms with E-state index in [0.29, 0.717) is 37.9 Å². The number of thioether (sulfide) groups is 1. The Morgan fingerprint density at radius 1 is 1.21 bits per heavy atom. The van der Waals surface area contributed by atoms with Crippen LogP contribution in [0.25, 0.3) is 6.08 Å². The lowest BCUT2D eigenvalue weighted by Crippen LogP contribution is -2.27. The summed E-state index contributed by atoms with van der Waals surface area (Å²) in [6.07, 6.45) is 2.61. The molecule has 33 heavy (non-hydrogen) atoms. The van der Waals surface area contributed by atoms with Gasteiger partial charge in [0, 0.05) is 5.02 Å². The van der Waals surface area contributed by atoms with Gasteiger partial charge in [-0.05, 0) is 60.5 Å². The van der Waals surface area contributed by atoms with Crippen molar-refractivity contribution in [1.82, 2.24) is 9.97 Å². The molecule has 2 heterocycles. The molecule has 1 saturated heterocycles. The predicted octanol–water partition coefficient (Wildman–Crippen LogP) is 6.52. The maximum Gasteiger partial charge on any atom is 0.270 e. The Morgan fingerprint density at radius 3 is 2.79 bits per heavy atom. The summed E-state index contributed by atoms with van der Waals surface area (Å²) in [4.78, 5) is 22.2. The Balaban J connectivity index is 1.63. The summed E-state index contributed by atoms with van der Waals surface area (Å²) in [6.45, 7) is 2.14. The van der Waals surface area contributed by atoms with Crippen LogP contribution in [-0.2, 0) is 4.79 Å². The minimum atomic E-state index is -0.768. The minimum absolute atomic E-state index is 0.150. The van der Waals surface area contributed by atoms with Crippen molar-refractivity contribution in [3.63, 3.8) is 0 Å². The van der Waals surface area contributed by atoms with Crippen molar-refractivity contribution in [2.75, 3.05) is 11.5 Å². The third-order valence-electron chi connectivity index (χ3n) is 4.31. The van der Waals surface area contributed by atoms with Crippen LogP contribution in [0.3, 0.4) is 0 Å². The number of hydrogen-bond acceptors (Lipinski definition) is 7. The van der Waals surface area contributed by atoms with Crippen LogP contribution >= 0.6 is 47.2 Å². The highest BCUT2D eigenvalue weighted by Gasteiger charge is 2.33. The standard InChI is InChI=1S/C22H14Cl2FN3O3S2/c1-2-30-17-8-12(6-7-16(17)31-19-15(25)11-26-21(24)27-19)9-18-20(29)28(22(32)33-18)14-5-3-4-13(23)10-14/h3-11H,2H2,1H3/b18-9-. The Labute approximate surface area is 208 Å². The van der Waals surface area contributed by atoms with Gasteiger partial charge in [0.25, 0.3) is 11.8 Å². The number of nitrogens with zero attached hydrogens (tertiary/aromatic N) is 3. The number of aromatic nitrogens is 2. The van der Waals surface area contributed by atoms with Gasteiger partial charge in [-0.3, -0.25) is 9.69 Å². The van der Waals surface area contributed by atoms with Crippen LogP contribution in [0.4, 0.5) is 10.1 Å². The number of amides is 1. The molecule has 6 nitrogen and oxygen atoms in total. The topological polar surface area (TPSA) is 64.5 Å². The highest BCUT2D eigenvalue weighted by atomic mass is 35.5. The fourth-order valence-electron chi connectivity index (χ4n) is 2.93. The van der Waals surface area contributed by atoms with Crippen LogP contribution in [0.5, 0.6) is 17.4 Å². The van der Waals surface area contributed by atoms with Gasteiger partial charge in [0.15, 0.2) is 15.8 Å². The first-order valence-electron chi connectivity index (χ1n) is 9.52. The van der Waals surface area contributed by atoms with E-state index in [1.165, 1.54) is 16.7 Å². The van der Waals surface area contributed by atoms with E-state index in [1.54, 1.807) is 55.5 Å². The number of halogens is 3. The molecule has 0 saturated carbocycles. The van der Waals surface area contributed by atoms with Crippen molar-refractivity contribution < 1.29 is 18.7 Å². The normalized spacial score (nSPS) is 14.8. The van der Waals surface area contributed by atoms with E-state index in [1.807, 2.05) is 0 Å². The molecule has 0 unspecified atom stereocenters. The Bertz CT molecular complexity index is 1290. The molecule has 0 atom stereocenters. The molecule has 3 aromatic rings. The number of ether oxygens (including phenoxy) is 2. The van der Waals surface area contributed by atoms with Gasteiger partial charge in [-0.25, -0.2) is 4.98 Å². The fraction of sp³-hybridized carbons (Fsp3) is 0.0909. The van der Waals surface area contributed by atoms with Gasteiger partial charge in [-0.1, -0.05) is 47.7 Å². The largest absolute Gasteiger partial charge is 0.490 e. The third kappa shape index (κ3) is 5.27. The Hall–Kier alpha value is -2.72. The molecule has 0 aliphatic carbocycles. The van der Waals surface area contributed by atoms with Crippen molar-refractivity contribution in [1.29, 1.82) is 0 Å². The van der Waals surface area contributed by atoms with Crippen LogP contribution in [0, 0.1) is 5.82 Å². The average Bonchev–Trinajstić information content (AvgIpc) is 3.05. The van der Waals surface area contributed by atoms with Crippen LogP contribution in [-0.4, -0.2) is 26.8 Å². The van der Waals surface area contributed by atoms with Crippen molar-refractivity contribution >= 4 is 69.2 Å². The highest BCUT2D eigenvalue weighted by molar-refractivity contribution is 8.27. The molecule has 2 aromatic carbocycles. The predicted molar refractivity (Wildman–Crippen MR) is 132 cm³/mol. The maximum absolute atomic E-state index is 14.0. The molecular weight excluding hydrogens is 508 g/mol. The molecule has 1 fully saturated rings. The number of carbonyl (C=O) groups is 1. The molecule has 1 aliphatic heterocycles. The van der Waals surface area contributed by atoms with E-state index in [-0.39, 0.29) is 22.8 Å². The van der Waals surface area contributed by atoms with Crippen molar-refractivity contribution in [3.05, 3.63) is 75.3 Å². The second kappa shape index (κ2) is 10.0. The van der Waals surface area contributed by atoms with Gasteiger partial charge < -0.3 is 9.47 Å². The first-order valence-corrected chi connectivity index (χ1v) is 11.5. The SMILES string of the molecule is CCOc1cc(/C=C2\SC(=S)N(c3cccc(Cl)c3)C2=O)ccc1Oc1nc(Cl)ncc1F. The van der Waals surface area contributed by atoms with E-state index in [9.17, 15) is 9.18 Å². The summed E-state index contributed by atoms with van der Waals surface area (Å²) in [5, 5.41) is 0.353. The highest BCUT2D eigenvalue weighted by Crippen LogP contribution is 2.38. The molecule has 0 spiro atoms. The second-order valence-electron chi connectivity index (χ2n) is 6.53.